The lowest BCUT2D eigenvalue weighted by Gasteiger charge is -2.26. The molecule has 3 aromatic rings. The van der Waals surface area contributed by atoms with Crippen LogP contribution in [-0.4, -0.2) is 52.3 Å². The molecule has 36 heavy (non-hydrogen) atoms. The summed E-state index contributed by atoms with van der Waals surface area (Å²) in [6.07, 6.45) is 4.64. The van der Waals surface area contributed by atoms with Crippen molar-refractivity contribution < 1.29 is 18.4 Å². The summed E-state index contributed by atoms with van der Waals surface area (Å²) in [6.45, 7) is 0.627. The van der Waals surface area contributed by atoms with E-state index in [1.54, 1.807) is 0 Å². The zero-order valence-electron chi connectivity index (χ0n) is 20.0. The molecule has 1 saturated heterocycles. The number of amides is 2. The Labute approximate surface area is 208 Å². The molecule has 0 aliphatic carbocycles. The molecule has 1 aliphatic rings. The largest absolute Gasteiger partial charge is 0.399 e. The molecular formula is C27H29F2N5O2. The summed E-state index contributed by atoms with van der Waals surface area (Å²) in [5.74, 6) is -2.27. The van der Waals surface area contributed by atoms with Crippen LogP contribution in [0.25, 0.3) is 10.9 Å². The highest BCUT2D eigenvalue weighted by molar-refractivity contribution is 5.99. The summed E-state index contributed by atoms with van der Waals surface area (Å²) >= 11 is 0. The van der Waals surface area contributed by atoms with Crippen LogP contribution in [0.3, 0.4) is 0 Å². The van der Waals surface area contributed by atoms with Gasteiger partial charge in [0.25, 0.3) is 5.91 Å². The van der Waals surface area contributed by atoms with Crippen LogP contribution >= 0.6 is 0 Å². The zero-order chi connectivity index (χ0) is 25.7. The number of H-pyrrole nitrogens is 1. The van der Waals surface area contributed by atoms with Crippen LogP contribution in [0.2, 0.25) is 0 Å². The first-order chi connectivity index (χ1) is 17.4. The molecular weight excluding hydrogens is 464 g/mol. The number of halogens is 2. The Balaban J connectivity index is 1.44. The lowest BCUT2D eigenvalue weighted by molar-refractivity contribution is -0.131. The Hall–Kier alpha value is -3.93. The van der Waals surface area contributed by atoms with Crippen LogP contribution in [-0.2, 0) is 11.2 Å². The van der Waals surface area contributed by atoms with Gasteiger partial charge in [0, 0.05) is 30.2 Å². The molecule has 0 radical (unpaired) electrons. The number of nitrogens with one attached hydrogen (secondary N) is 1. The average Bonchev–Trinajstić information content (AvgIpc) is 3.51. The normalized spacial score (nSPS) is 15.2. The molecule has 2 heterocycles. The van der Waals surface area contributed by atoms with Crippen LogP contribution in [0.1, 0.15) is 48.2 Å². The molecule has 9 heteroatoms. The molecule has 0 spiro atoms. The number of likely N-dealkylation sites (tertiary alicyclic amines) is 1. The highest BCUT2D eigenvalue weighted by atomic mass is 19.1. The van der Waals surface area contributed by atoms with E-state index in [2.05, 4.69) is 11.1 Å². The summed E-state index contributed by atoms with van der Waals surface area (Å²) in [5.41, 5.74) is 7.88. The maximum Gasteiger partial charge on any atom is 0.270 e. The van der Waals surface area contributed by atoms with E-state index in [4.69, 9.17) is 5.73 Å². The maximum absolute atomic E-state index is 14.2. The molecule has 2 amide bonds. The smallest absolute Gasteiger partial charge is 0.270 e. The van der Waals surface area contributed by atoms with E-state index in [0.29, 0.717) is 31.6 Å². The van der Waals surface area contributed by atoms with Gasteiger partial charge in [0.2, 0.25) is 5.91 Å². The minimum absolute atomic E-state index is 0.0856. The number of aryl methyl sites for hydroxylation is 1. The van der Waals surface area contributed by atoms with Crippen molar-refractivity contribution in [3.63, 3.8) is 0 Å². The predicted octanol–water partition coefficient (Wildman–Crippen LogP) is 4.40. The van der Waals surface area contributed by atoms with E-state index < -0.39 is 23.6 Å². The summed E-state index contributed by atoms with van der Waals surface area (Å²) in [5, 5.41) is 9.45. The molecule has 0 bridgehead atoms. The fraction of sp³-hybridized carbons (Fsp3) is 0.370. The van der Waals surface area contributed by atoms with E-state index in [1.165, 1.54) is 21.4 Å². The van der Waals surface area contributed by atoms with Gasteiger partial charge in [-0.1, -0.05) is 18.6 Å². The molecule has 4 rings (SSSR count). The van der Waals surface area contributed by atoms with Gasteiger partial charge in [0.1, 0.15) is 29.9 Å². The van der Waals surface area contributed by atoms with Crippen LogP contribution in [0.5, 0.6) is 0 Å². The van der Waals surface area contributed by atoms with Crippen molar-refractivity contribution in [2.75, 3.05) is 25.4 Å². The van der Waals surface area contributed by atoms with E-state index in [-0.39, 0.29) is 29.0 Å². The van der Waals surface area contributed by atoms with E-state index in [9.17, 15) is 23.6 Å². The second-order valence-electron chi connectivity index (χ2n) is 9.19. The number of rotatable bonds is 9. The molecule has 2 aromatic carbocycles. The number of hydrogen-bond donors (Lipinski definition) is 2. The first-order valence-electron chi connectivity index (χ1n) is 12.2. The number of unbranched alkanes of at least 4 members (excludes halogenated alkanes) is 2. The molecule has 1 atom stereocenters. The minimum Gasteiger partial charge on any atom is -0.399 e. The summed E-state index contributed by atoms with van der Waals surface area (Å²) < 4.78 is 27.8. The topological polar surface area (TPSA) is 106 Å². The standard InChI is InChI=1S/C27H29F2N5O2/c28-19-13-23(29)22-15-25(32-24(22)14-19)27(36)33(17-26(35)34-12-4-6-21(34)16-30)11-3-1-2-5-18-7-9-20(31)10-8-18/h7-10,13-15,21,32H,1-6,11-12,17,31H2. The molecule has 1 aromatic heterocycles. The Morgan fingerprint density at radius 3 is 2.67 bits per heavy atom. The molecule has 3 N–H and O–H groups in total. The molecule has 1 unspecified atom stereocenters. The third-order valence-electron chi connectivity index (χ3n) is 6.59. The van der Waals surface area contributed by atoms with Crippen molar-refractivity contribution in [3.8, 4) is 6.07 Å². The molecule has 1 aliphatic heterocycles. The monoisotopic (exact) mass is 493 g/mol. The first kappa shape index (κ1) is 25.2. The number of hydrogen-bond acceptors (Lipinski definition) is 4. The maximum atomic E-state index is 14.2. The second-order valence-corrected chi connectivity index (χ2v) is 9.19. The second kappa shape index (κ2) is 11.2. The Kier molecular flexibility index (Phi) is 7.84. The van der Waals surface area contributed by atoms with Gasteiger partial charge in [-0.2, -0.15) is 5.26 Å². The van der Waals surface area contributed by atoms with Crippen LogP contribution in [0.15, 0.2) is 42.5 Å². The van der Waals surface area contributed by atoms with Crippen molar-refractivity contribution in [1.82, 2.24) is 14.8 Å². The number of nitrogens with two attached hydrogens (primary N) is 1. The van der Waals surface area contributed by atoms with Crippen molar-refractivity contribution in [1.29, 1.82) is 5.26 Å². The van der Waals surface area contributed by atoms with Gasteiger partial charge in [-0.25, -0.2) is 8.78 Å². The van der Waals surface area contributed by atoms with Gasteiger partial charge in [0.15, 0.2) is 0 Å². The third-order valence-corrected chi connectivity index (χ3v) is 6.59. The van der Waals surface area contributed by atoms with Gasteiger partial charge in [-0.3, -0.25) is 9.59 Å². The molecule has 0 saturated carbocycles. The molecule has 1 fully saturated rings. The highest BCUT2D eigenvalue weighted by Crippen LogP contribution is 2.22. The molecule has 7 nitrogen and oxygen atoms in total. The van der Waals surface area contributed by atoms with Crippen molar-refractivity contribution in [3.05, 3.63) is 65.4 Å². The van der Waals surface area contributed by atoms with Gasteiger partial charge in [-0.15, -0.1) is 0 Å². The van der Waals surface area contributed by atoms with Crippen molar-refractivity contribution in [2.45, 2.75) is 44.6 Å². The van der Waals surface area contributed by atoms with Gasteiger partial charge in [-0.05, 0) is 61.9 Å². The lowest BCUT2D eigenvalue weighted by atomic mass is 10.1. The Morgan fingerprint density at radius 1 is 1.14 bits per heavy atom. The minimum atomic E-state index is -0.764. The Morgan fingerprint density at radius 2 is 1.92 bits per heavy atom. The predicted molar refractivity (Wildman–Crippen MR) is 133 cm³/mol. The number of nitrogen functional groups attached to an aromatic ring is 1. The van der Waals surface area contributed by atoms with Crippen LogP contribution in [0, 0.1) is 23.0 Å². The number of anilines is 1. The van der Waals surface area contributed by atoms with Gasteiger partial charge in [0.05, 0.1) is 11.6 Å². The Bertz CT molecular complexity index is 1280. The summed E-state index contributed by atoms with van der Waals surface area (Å²) in [7, 11) is 0. The number of nitrogens with zero attached hydrogens (tertiary/aromatic N) is 3. The van der Waals surface area contributed by atoms with Crippen LogP contribution in [0.4, 0.5) is 14.5 Å². The highest BCUT2D eigenvalue weighted by Gasteiger charge is 2.31. The van der Waals surface area contributed by atoms with Crippen molar-refractivity contribution in [2.24, 2.45) is 0 Å². The fourth-order valence-corrected chi connectivity index (χ4v) is 4.64. The first-order valence-corrected chi connectivity index (χ1v) is 12.2. The zero-order valence-corrected chi connectivity index (χ0v) is 20.0. The number of nitriles is 1. The van der Waals surface area contributed by atoms with Crippen LogP contribution < -0.4 is 5.73 Å². The number of carbonyl (C=O) groups is 2. The SMILES string of the molecule is N#CC1CCCN1C(=O)CN(CCCCCc1ccc(N)cc1)C(=O)c1cc2c(F)cc(F)cc2[nH]1. The number of benzene rings is 2. The van der Waals surface area contributed by atoms with E-state index in [1.807, 2.05) is 24.3 Å². The number of aromatic amines is 1. The lowest BCUT2D eigenvalue weighted by Crippen LogP contribution is -2.44. The van der Waals surface area contributed by atoms with Gasteiger partial charge < -0.3 is 20.5 Å². The summed E-state index contributed by atoms with van der Waals surface area (Å²) in [4.78, 5) is 32.1. The average molecular weight is 494 g/mol. The summed E-state index contributed by atoms with van der Waals surface area (Å²) in [6, 6.07) is 12.6. The quantitative estimate of drug-likeness (QED) is 0.340. The number of carbonyl (C=O) groups excluding carboxylic acids is 2. The fourth-order valence-electron chi connectivity index (χ4n) is 4.64. The number of fused-ring (bicyclic) bond motifs is 1. The van der Waals surface area contributed by atoms with E-state index in [0.717, 1.165) is 37.8 Å². The van der Waals surface area contributed by atoms with Crippen molar-refractivity contribution >= 4 is 28.4 Å². The third kappa shape index (κ3) is 5.82. The number of aromatic nitrogens is 1. The van der Waals surface area contributed by atoms with E-state index >= 15 is 0 Å². The van der Waals surface area contributed by atoms with Gasteiger partial charge >= 0.3 is 0 Å². The molecule has 188 valence electrons.